The van der Waals surface area contributed by atoms with E-state index in [-0.39, 0.29) is 18.3 Å². The second kappa shape index (κ2) is 5.99. The first-order valence-electron chi connectivity index (χ1n) is 5.94. The van der Waals surface area contributed by atoms with E-state index in [0.29, 0.717) is 18.0 Å². The minimum Gasteiger partial charge on any atom is -0.318 e. The zero-order chi connectivity index (χ0) is 13.2. The molecule has 1 atom stereocenters. The number of pyridine rings is 1. The smallest absolute Gasteiger partial charge is 0.246 e. The van der Waals surface area contributed by atoms with Gasteiger partial charge in [-0.2, -0.15) is 0 Å². The van der Waals surface area contributed by atoms with Crippen LogP contribution in [0.3, 0.4) is 0 Å². The number of hydrogen-bond acceptors (Lipinski definition) is 4. The molecule has 2 aromatic heterocycles. The molecule has 0 fully saturated rings. The van der Waals surface area contributed by atoms with Crippen molar-refractivity contribution in [3.63, 3.8) is 0 Å². The van der Waals surface area contributed by atoms with E-state index in [9.17, 15) is 4.79 Å². The van der Waals surface area contributed by atoms with Crippen LogP contribution in [-0.4, -0.2) is 26.0 Å². The number of carbonyl (C=O) groups excluding carboxylic acids is 1. The van der Waals surface area contributed by atoms with Crippen LogP contribution in [0.2, 0.25) is 0 Å². The van der Waals surface area contributed by atoms with E-state index in [0.717, 1.165) is 6.42 Å². The Balaban J connectivity index is 0.00000180. The lowest BCUT2D eigenvalue weighted by atomic mass is 9.97. The number of nitrogens with one attached hydrogen (secondary N) is 1. The molecule has 0 bridgehead atoms. The normalized spacial score (nSPS) is 13.6. The Morgan fingerprint density at radius 3 is 2.89 bits per heavy atom. The van der Waals surface area contributed by atoms with Crippen molar-refractivity contribution in [1.82, 2.24) is 14.6 Å². The summed E-state index contributed by atoms with van der Waals surface area (Å²) >= 11 is 0. The monoisotopic (exact) mass is 283 g/mol. The molecule has 0 saturated carbocycles. The van der Waals surface area contributed by atoms with Gasteiger partial charge in [0, 0.05) is 6.20 Å². The highest BCUT2D eigenvalue weighted by Crippen LogP contribution is 2.13. The van der Waals surface area contributed by atoms with Crippen molar-refractivity contribution in [2.24, 2.45) is 5.73 Å². The summed E-state index contributed by atoms with van der Waals surface area (Å²) in [7, 11) is 0. The van der Waals surface area contributed by atoms with Crippen molar-refractivity contribution in [2.45, 2.75) is 32.2 Å². The maximum atomic E-state index is 12.0. The molecule has 7 heteroatoms. The van der Waals surface area contributed by atoms with Gasteiger partial charge >= 0.3 is 0 Å². The lowest BCUT2D eigenvalue weighted by Gasteiger charge is -2.21. The van der Waals surface area contributed by atoms with Gasteiger partial charge in [0.2, 0.25) is 11.9 Å². The number of fused-ring (bicyclic) bond motifs is 1. The first-order chi connectivity index (χ1) is 8.54. The fraction of sp³-hybridized carbons (Fsp3) is 0.417. The van der Waals surface area contributed by atoms with Gasteiger partial charge < -0.3 is 5.73 Å². The van der Waals surface area contributed by atoms with E-state index in [1.807, 2.05) is 25.1 Å². The molecule has 1 unspecified atom stereocenters. The van der Waals surface area contributed by atoms with Gasteiger partial charge in [0.1, 0.15) is 0 Å². The summed E-state index contributed by atoms with van der Waals surface area (Å²) in [5, 5.41) is 10.6. The highest BCUT2D eigenvalue weighted by Gasteiger charge is 2.28. The minimum atomic E-state index is -0.893. The highest BCUT2D eigenvalue weighted by atomic mass is 35.5. The van der Waals surface area contributed by atoms with Crippen molar-refractivity contribution in [1.29, 1.82) is 0 Å². The van der Waals surface area contributed by atoms with Crippen LogP contribution in [0, 0.1) is 0 Å². The fourth-order valence-corrected chi connectivity index (χ4v) is 1.80. The van der Waals surface area contributed by atoms with Crippen LogP contribution in [0.15, 0.2) is 24.4 Å². The zero-order valence-electron chi connectivity index (χ0n) is 11.0. The topological polar surface area (TPSA) is 85.3 Å². The zero-order valence-corrected chi connectivity index (χ0v) is 11.8. The first-order valence-corrected chi connectivity index (χ1v) is 5.94. The van der Waals surface area contributed by atoms with Crippen LogP contribution in [0.1, 0.15) is 26.7 Å². The lowest BCUT2D eigenvalue weighted by molar-refractivity contribution is -0.120. The van der Waals surface area contributed by atoms with Crippen LogP contribution in [0.25, 0.3) is 5.65 Å². The second-order valence-electron chi connectivity index (χ2n) is 4.57. The summed E-state index contributed by atoms with van der Waals surface area (Å²) in [6.45, 7) is 3.71. The van der Waals surface area contributed by atoms with E-state index in [1.54, 1.807) is 17.5 Å². The Labute approximate surface area is 117 Å². The molecule has 0 aliphatic heterocycles. The summed E-state index contributed by atoms with van der Waals surface area (Å²) < 4.78 is 1.71. The van der Waals surface area contributed by atoms with Gasteiger partial charge in [-0.1, -0.05) is 19.4 Å². The number of halogens is 1. The van der Waals surface area contributed by atoms with Crippen molar-refractivity contribution < 1.29 is 4.79 Å². The molecular formula is C12H18ClN5O. The maximum absolute atomic E-state index is 12.0. The van der Waals surface area contributed by atoms with E-state index in [1.165, 1.54) is 0 Å². The molecular weight excluding hydrogens is 266 g/mol. The third-order valence-corrected chi connectivity index (χ3v) is 2.83. The fourth-order valence-electron chi connectivity index (χ4n) is 1.80. The molecule has 0 saturated heterocycles. The van der Waals surface area contributed by atoms with Crippen LogP contribution in [0.4, 0.5) is 5.95 Å². The standard InChI is InChI=1S/C12H17N5O.ClH/c1-3-7-12(2,13)10(18)14-11-16-15-9-6-4-5-8-17(9)11;/h4-6,8H,3,7,13H2,1-2H3,(H,14,16,18);1H. The molecule has 0 aromatic carbocycles. The Bertz CT molecular complexity index is 566. The average Bonchev–Trinajstić information content (AvgIpc) is 2.73. The van der Waals surface area contributed by atoms with Crippen LogP contribution < -0.4 is 11.1 Å². The molecule has 1 amide bonds. The molecule has 19 heavy (non-hydrogen) atoms. The Morgan fingerprint density at radius 2 is 2.21 bits per heavy atom. The molecule has 0 spiro atoms. The summed E-state index contributed by atoms with van der Waals surface area (Å²) in [6.07, 6.45) is 3.26. The molecule has 0 aliphatic carbocycles. The number of nitrogens with zero attached hydrogens (tertiary/aromatic N) is 3. The van der Waals surface area contributed by atoms with Gasteiger partial charge in [-0.25, -0.2) is 0 Å². The number of aromatic nitrogens is 3. The van der Waals surface area contributed by atoms with Gasteiger partial charge in [0.15, 0.2) is 5.65 Å². The van der Waals surface area contributed by atoms with Crippen molar-refractivity contribution >= 4 is 29.9 Å². The Morgan fingerprint density at radius 1 is 1.47 bits per heavy atom. The third-order valence-electron chi connectivity index (χ3n) is 2.83. The van der Waals surface area contributed by atoms with E-state index >= 15 is 0 Å². The molecule has 6 nitrogen and oxygen atoms in total. The summed E-state index contributed by atoms with van der Waals surface area (Å²) in [6, 6.07) is 5.52. The summed E-state index contributed by atoms with van der Waals surface area (Å²) in [4.78, 5) is 12.0. The van der Waals surface area contributed by atoms with Crippen molar-refractivity contribution in [2.75, 3.05) is 5.32 Å². The lowest BCUT2D eigenvalue weighted by Crippen LogP contribution is -2.48. The first kappa shape index (κ1) is 15.4. The maximum Gasteiger partial charge on any atom is 0.246 e. The van der Waals surface area contributed by atoms with Crippen LogP contribution in [-0.2, 0) is 4.79 Å². The van der Waals surface area contributed by atoms with Gasteiger partial charge in [-0.3, -0.25) is 14.5 Å². The predicted molar refractivity (Wildman–Crippen MR) is 76.4 cm³/mol. The van der Waals surface area contributed by atoms with Gasteiger partial charge in [0.25, 0.3) is 0 Å². The largest absolute Gasteiger partial charge is 0.318 e. The quantitative estimate of drug-likeness (QED) is 0.893. The number of rotatable bonds is 4. The third kappa shape index (κ3) is 3.21. The van der Waals surface area contributed by atoms with Gasteiger partial charge in [0.05, 0.1) is 5.54 Å². The van der Waals surface area contributed by atoms with Crippen molar-refractivity contribution in [3.05, 3.63) is 24.4 Å². The Kier molecular flexibility index (Phi) is 4.85. The highest BCUT2D eigenvalue weighted by molar-refractivity contribution is 5.96. The van der Waals surface area contributed by atoms with Crippen LogP contribution in [0.5, 0.6) is 0 Å². The molecule has 2 heterocycles. The SMILES string of the molecule is CCCC(C)(N)C(=O)Nc1nnc2ccccn12.Cl. The molecule has 2 rings (SSSR count). The van der Waals surface area contributed by atoms with Gasteiger partial charge in [-0.15, -0.1) is 22.6 Å². The molecule has 3 N–H and O–H groups in total. The molecule has 2 aromatic rings. The van der Waals surface area contributed by atoms with E-state index in [4.69, 9.17) is 5.73 Å². The summed E-state index contributed by atoms with van der Waals surface area (Å²) in [5.41, 5.74) is 5.75. The Hall–Kier alpha value is -1.66. The molecule has 104 valence electrons. The van der Waals surface area contributed by atoms with Gasteiger partial charge in [-0.05, 0) is 25.5 Å². The number of carbonyl (C=O) groups is 1. The van der Waals surface area contributed by atoms with E-state index in [2.05, 4.69) is 15.5 Å². The number of hydrogen-bond donors (Lipinski definition) is 2. The molecule has 0 radical (unpaired) electrons. The van der Waals surface area contributed by atoms with Crippen molar-refractivity contribution in [3.8, 4) is 0 Å². The minimum absolute atomic E-state index is 0. The number of amides is 1. The predicted octanol–water partition coefficient (Wildman–Crippen LogP) is 1.61. The van der Waals surface area contributed by atoms with E-state index < -0.39 is 5.54 Å². The number of anilines is 1. The second-order valence-corrected chi connectivity index (χ2v) is 4.57. The average molecular weight is 284 g/mol. The van der Waals surface area contributed by atoms with Crippen LogP contribution >= 0.6 is 12.4 Å². The summed E-state index contributed by atoms with van der Waals surface area (Å²) in [5.74, 6) is 0.144. The number of nitrogens with two attached hydrogens (primary N) is 1. The molecule has 0 aliphatic rings.